The van der Waals surface area contributed by atoms with Crippen molar-refractivity contribution in [2.24, 2.45) is 0 Å². The molecule has 2 aromatic carbocycles. The first-order valence-corrected chi connectivity index (χ1v) is 10.4. The van der Waals surface area contributed by atoms with Gasteiger partial charge < -0.3 is 5.32 Å². The first-order valence-electron chi connectivity index (χ1n) is 10.4. The third-order valence-corrected chi connectivity index (χ3v) is 5.89. The third-order valence-electron chi connectivity index (χ3n) is 5.89. The number of carbonyl (C=O) groups is 1. The predicted molar refractivity (Wildman–Crippen MR) is 115 cm³/mol. The molecule has 0 unspecified atom stereocenters. The number of likely N-dealkylation sites (tertiary alicyclic amines) is 1. The summed E-state index contributed by atoms with van der Waals surface area (Å²) in [5, 5.41) is 14.7. The summed E-state index contributed by atoms with van der Waals surface area (Å²) in [5.41, 5.74) is 6.04. The minimum absolute atomic E-state index is 0.0523. The van der Waals surface area contributed by atoms with Crippen molar-refractivity contribution < 1.29 is 4.79 Å². The summed E-state index contributed by atoms with van der Waals surface area (Å²) in [4.78, 5) is 15.4. The number of hydrogen-bond acceptors (Lipinski definition) is 5. The molecule has 7 heteroatoms. The molecule has 3 aromatic rings. The summed E-state index contributed by atoms with van der Waals surface area (Å²) in [6.45, 7) is 8.28. The van der Waals surface area contributed by atoms with E-state index in [-0.39, 0.29) is 18.0 Å². The first-order chi connectivity index (χ1) is 14.5. The smallest absolute Gasteiger partial charge is 0.237 e. The lowest BCUT2D eigenvalue weighted by molar-refractivity contribution is -0.125. The Kier molecular flexibility index (Phi) is 5.90. The van der Waals surface area contributed by atoms with Gasteiger partial charge in [-0.05, 0) is 54.3 Å². The van der Waals surface area contributed by atoms with Gasteiger partial charge in [-0.3, -0.25) is 9.69 Å². The Morgan fingerprint density at radius 3 is 2.60 bits per heavy atom. The van der Waals surface area contributed by atoms with Crippen LogP contribution in [0.3, 0.4) is 0 Å². The molecular weight excluding hydrogens is 376 g/mol. The van der Waals surface area contributed by atoms with E-state index in [2.05, 4.69) is 89.0 Å². The van der Waals surface area contributed by atoms with E-state index in [1.165, 1.54) is 22.3 Å². The van der Waals surface area contributed by atoms with Gasteiger partial charge >= 0.3 is 0 Å². The lowest BCUT2D eigenvalue weighted by atomic mass is 10.0. The molecule has 0 radical (unpaired) electrons. The second-order valence-corrected chi connectivity index (χ2v) is 8.26. The molecule has 1 aliphatic heterocycles. The summed E-state index contributed by atoms with van der Waals surface area (Å²) in [7, 11) is 0. The zero-order valence-electron chi connectivity index (χ0n) is 17.7. The number of benzene rings is 2. The fraction of sp³-hybridized carbons (Fsp3) is 0.391. The molecule has 0 bridgehead atoms. The Bertz CT molecular complexity index is 999. The van der Waals surface area contributed by atoms with Crippen molar-refractivity contribution in [2.75, 3.05) is 6.54 Å². The van der Waals surface area contributed by atoms with Crippen molar-refractivity contribution in [1.29, 1.82) is 0 Å². The zero-order chi connectivity index (χ0) is 21.1. The monoisotopic (exact) mass is 404 g/mol. The summed E-state index contributed by atoms with van der Waals surface area (Å²) in [6.07, 6.45) is 2.32. The van der Waals surface area contributed by atoms with Gasteiger partial charge in [-0.15, -0.1) is 5.10 Å². The maximum absolute atomic E-state index is 13.1. The van der Waals surface area contributed by atoms with Gasteiger partial charge in [0.15, 0.2) is 0 Å². The molecule has 1 saturated heterocycles. The van der Waals surface area contributed by atoms with Crippen LogP contribution in [-0.4, -0.2) is 43.6 Å². The SMILES string of the molecule is Cc1ccc(CNC(=O)[C@@H]2C[C@H](n3cnnn3)CN2Cc2cc(C)ccc2C)cc1. The molecule has 1 fully saturated rings. The number of aryl methyl sites for hydroxylation is 3. The normalized spacial score (nSPS) is 19.2. The Hall–Kier alpha value is -3.06. The van der Waals surface area contributed by atoms with Crippen LogP contribution in [0.4, 0.5) is 0 Å². The van der Waals surface area contributed by atoms with Crippen LogP contribution in [0, 0.1) is 20.8 Å². The predicted octanol–water partition coefficient (Wildman–Crippen LogP) is 2.73. The number of hydrogen-bond donors (Lipinski definition) is 1. The van der Waals surface area contributed by atoms with E-state index in [0.717, 1.165) is 18.7 Å². The average Bonchev–Trinajstić information content (AvgIpc) is 3.40. The molecule has 1 N–H and O–H groups in total. The van der Waals surface area contributed by atoms with Crippen LogP contribution in [0.2, 0.25) is 0 Å². The van der Waals surface area contributed by atoms with E-state index in [9.17, 15) is 4.79 Å². The summed E-state index contributed by atoms with van der Waals surface area (Å²) < 4.78 is 1.77. The summed E-state index contributed by atoms with van der Waals surface area (Å²) in [5.74, 6) is 0.0523. The maximum Gasteiger partial charge on any atom is 0.237 e. The quantitative estimate of drug-likeness (QED) is 0.684. The van der Waals surface area contributed by atoms with Gasteiger partial charge in [0.05, 0.1) is 12.1 Å². The van der Waals surface area contributed by atoms with Crippen LogP contribution in [0.25, 0.3) is 0 Å². The molecule has 1 amide bonds. The number of aromatic nitrogens is 4. The first kappa shape index (κ1) is 20.2. The molecular formula is C23H28N6O. The fourth-order valence-corrected chi connectivity index (χ4v) is 4.06. The van der Waals surface area contributed by atoms with Crippen molar-refractivity contribution in [1.82, 2.24) is 30.4 Å². The average molecular weight is 405 g/mol. The maximum atomic E-state index is 13.1. The number of nitrogens with zero attached hydrogens (tertiary/aromatic N) is 5. The highest BCUT2D eigenvalue weighted by molar-refractivity contribution is 5.82. The van der Waals surface area contributed by atoms with Crippen molar-refractivity contribution >= 4 is 5.91 Å². The van der Waals surface area contributed by atoms with Crippen molar-refractivity contribution in [3.8, 4) is 0 Å². The molecule has 30 heavy (non-hydrogen) atoms. The van der Waals surface area contributed by atoms with Gasteiger partial charge in [-0.2, -0.15) is 0 Å². The standard InChI is InChI=1S/C23H28N6O/c1-16-5-8-19(9-6-16)12-24-23(30)22-11-21(29-15-25-26-27-29)14-28(22)13-20-10-17(2)4-7-18(20)3/h4-10,15,21-22H,11-14H2,1-3H3,(H,24,30)/t21-,22-/m0/s1. The molecule has 1 aliphatic rings. The van der Waals surface area contributed by atoms with Crippen LogP contribution in [-0.2, 0) is 17.9 Å². The zero-order valence-corrected chi connectivity index (χ0v) is 17.7. The van der Waals surface area contributed by atoms with Crippen LogP contribution >= 0.6 is 0 Å². The Labute approximate surface area is 177 Å². The second-order valence-electron chi connectivity index (χ2n) is 8.26. The van der Waals surface area contributed by atoms with Gasteiger partial charge in [-0.1, -0.05) is 53.6 Å². The number of rotatable bonds is 6. The van der Waals surface area contributed by atoms with Gasteiger partial charge in [0.1, 0.15) is 6.33 Å². The van der Waals surface area contributed by atoms with Gasteiger partial charge in [-0.25, -0.2) is 4.68 Å². The van der Waals surface area contributed by atoms with Gasteiger partial charge in [0.2, 0.25) is 5.91 Å². The molecule has 2 atom stereocenters. The molecule has 2 heterocycles. The molecule has 4 rings (SSSR count). The van der Waals surface area contributed by atoms with Crippen LogP contribution in [0.1, 0.15) is 40.3 Å². The van der Waals surface area contributed by atoms with E-state index in [4.69, 9.17) is 0 Å². The topological polar surface area (TPSA) is 75.9 Å². The number of nitrogens with one attached hydrogen (secondary N) is 1. The second kappa shape index (κ2) is 8.75. The van der Waals surface area contributed by atoms with Gasteiger partial charge in [0.25, 0.3) is 0 Å². The minimum atomic E-state index is -0.218. The number of amides is 1. The highest BCUT2D eigenvalue weighted by atomic mass is 16.2. The van der Waals surface area contributed by atoms with E-state index in [1.807, 2.05) is 0 Å². The molecule has 0 spiro atoms. The molecule has 0 saturated carbocycles. The van der Waals surface area contributed by atoms with Crippen molar-refractivity contribution in [2.45, 2.75) is 52.4 Å². The highest BCUT2D eigenvalue weighted by Crippen LogP contribution is 2.29. The van der Waals surface area contributed by atoms with Crippen LogP contribution in [0.15, 0.2) is 48.8 Å². The van der Waals surface area contributed by atoms with Gasteiger partial charge in [0, 0.05) is 19.6 Å². The molecule has 1 aromatic heterocycles. The lowest BCUT2D eigenvalue weighted by Crippen LogP contribution is -2.42. The lowest BCUT2D eigenvalue weighted by Gasteiger charge is -2.24. The van der Waals surface area contributed by atoms with E-state index in [1.54, 1.807) is 11.0 Å². The highest BCUT2D eigenvalue weighted by Gasteiger charge is 2.38. The molecule has 7 nitrogen and oxygen atoms in total. The Balaban J connectivity index is 1.50. The van der Waals surface area contributed by atoms with Crippen LogP contribution < -0.4 is 5.32 Å². The number of carbonyl (C=O) groups excluding carboxylic acids is 1. The molecule has 0 aliphatic carbocycles. The largest absolute Gasteiger partial charge is 0.351 e. The molecule has 156 valence electrons. The van der Waals surface area contributed by atoms with E-state index in [0.29, 0.717) is 13.0 Å². The summed E-state index contributed by atoms with van der Waals surface area (Å²) in [6, 6.07) is 14.6. The van der Waals surface area contributed by atoms with E-state index < -0.39 is 0 Å². The minimum Gasteiger partial charge on any atom is -0.351 e. The number of tetrazole rings is 1. The van der Waals surface area contributed by atoms with Crippen LogP contribution in [0.5, 0.6) is 0 Å². The Morgan fingerprint density at radius 2 is 1.87 bits per heavy atom. The van der Waals surface area contributed by atoms with E-state index >= 15 is 0 Å². The van der Waals surface area contributed by atoms with Crippen molar-refractivity contribution in [3.63, 3.8) is 0 Å². The third kappa shape index (κ3) is 4.57. The fourth-order valence-electron chi connectivity index (χ4n) is 4.06. The summed E-state index contributed by atoms with van der Waals surface area (Å²) >= 11 is 0. The van der Waals surface area contributed by atoms with Crippen molar-refractivity contribution in [3.05, 3.63) is 76.6 Å². The Morgan fingerprint density at radius 1 is 1.10 bits per heavy atom.